The molecular formula is C25H22BrClN2O3S2. The molecule has 1 amide bonds. The number of sulfonamides is 1. The van der Waals surface area contributed by atoms with Crippen LogP contribution in [0.2, 0.25) is 5.02 Å². The van der Waals surface area contributed by atoms with Gasteiger partial charge < -0.3 is 5.32 Å². The van der Waals surface area contributed by atoms with Crippen LogP contribution < -0.4 is 9.62 Å². The lowest BCUT2D eigenvalue weighted by Gasteiger charge is -2.19. The Hall–Kier alpha value is -2.39. The number of hydrogen-bond donors (Lipinski definition) is 1. The average Bonchev–Trinajstić information content (AvgIpc) is 3.24. The summed E-state index contributed by atoms with van der Waals surface area (Å²) in [6.07, 6.45) is 0.792. The topological polar surface area (TPSA) is 66.5 Å². The van der Waals surface area contributed by atoms with Gasteiger partial charge in [0.05, 0.1) is 15.5 Å². The second-order valence-corrected chi connectivity index (χ2v) is 12.2. The number of benzene rings is 3. The average molecular weight is 578 g/mol. The molecule has 1 N–H and O–H groups in total. The number of fused-ring (bicyclic) bond motifs is 1. The highest BCUT2D eigenvalue weighted by atomic mass is 79.9. The Balaban J connectivity index is 1.63. The smallest absolute Gasteiger partial charge is 0.265 e. The van der Waals surface area contributed by atoms with Gasteiger partial charge in [-0.2, -0.15) is 0 Å². The van der Waals surface area contributed by atoms with E-state index in [1.807, 2.05) is 32.0 Å². The number of halogens is 2. The van der Waals surface area contributed by atoms with Crippen molar-refractivity contribution in [2.45, 2.75) is 25.2 Å². The van der Waals surface area contributed by atoms with Gasteiger partial charge >= 0.3 is 0 Å². The summed E-state index contributed by atoms with van der Waals surface area (Å²) in [5, 5.41) is 4.32. The standard InChI is InChI=1S/C25H22BrClN2O3S2/c1-4-16-12-18(26)11-15(2)24(16)28-25(30)23-14-17-13-20(7-10-22(17)33-23)29(3)34(31,32)21-8-5-19(27)6-9-21/h5-14H,4H2,1-3H3,(H,28,30). The molecule has 34 heavy (non-hydrogen) atoms. The molecule has 1 aromatic heterocycles. The molecular weight excluding hydrogens is 556 g/mol. The molecule has 4 rings (SSSR count). The molecule has 1 heterocycles. The van der Waals surface area contributed by atoms with Crippen LogP contribution in [0.3, 0.4) is 0 Å². The molecule has 0 saturated carbocycles. The van der Waals surface area contributed by atoms with Crippen LogP contribution in [0.25, 0.3) is 10.1 Å². The fourth-order valence-corrected chi connectivity index (χ4v) is 6.56. The van der Waals surface area contributed by atoms with Crippen LogP contribution in [0.4, 0.5) is 11.4 Å². The minimum Gasteiger partial charge on any atom is -0.321 e. The van der Waals surface area contributed by atoms with Gasteiger partial charge in [-0.1, -0.05) is 34.5 Å². The van der Waals surface area contributed by atoms with Gasteiger partial charge in [-0.25, -0.2) is 8.42 Å². The van der Waals surface area contributed by atoms with Gasteiger partial charge in [0, 0.05) is 26.9 Å². The van der Waals surface area contributed by atoms with Gasteiger partial charge in [-0.3, -0.25) is 9.10 Å². The van der Waals surface area contributed by atoms with Crippen LogP contribution in [0.1, 0.15) is 27.7 Å². The van der Waals surface area contributed by atoms with E-state index in [1.54, 1.807) is 30.3 Å². The Morgan fingerprint density at radius 2 is 1.79 bits per heavy atom. The minimum atomic E-state index is -3.75. The van der Waals surface area contributed by atoms with Crippen molar-refractivity contribution in [1.29, 1.82) is 0 Å². The summed E-state index contributed by atoms with van der Waals surface area (Å²) in [5.74, 6) is -0.190. The van der Waals surface area contributed by atoms with Crippen molar-refractivity contribution in [2.75, 3.05) is 16.7 Å². The summed E-state index contributed by atoms with van der Waals surface area (Å²) in [6, 6.07) is 17.2. The van der Waals surface area contributed by atoms with Gasteiger partial charge in [0.1, 0.15) is 0 Å². The zero-order valence-corrected chi connectivity index (χ0v) is 22.7. The summed E-state index contributed by atoms with van der Waals surface area (Å²) >= 11 is 10.8. The quantitative estimate of drug-likeness (QED) is 0.262. The largest absolute Gasteiger partial charge is 0.321 e. The van der Waals surface area contributed by atoms with E-state index in [0.29, 0.717) is 15.6 Å². The lowest BCUT2D eigenvalue weighted by molar-refractivity contribution is 0.103. The highest BCUT2D eigenvalue weighted by Gasteiger charge is 2.22. The summed E-state index contributed by atoms with van der Waals surface area (Å²) in [7, 11) is -2.24. The molecule has 0 aliphatic heterocycles. The molecule has 0 unspecified atom stereocenters. The van der Waals surface area contributed by atoms with Crippen LogP contribution >= 0.6 is 38.9 Å². The molecule has 5 nitrogen and oxygen atoms in total. The van der Waals surface area contributed by atoms with Gasteiger partial charge in [-0.05, 0) is 90.5 Å². The van der Waals surface area contributed by atoms with E-state index in [-0.39, 0.29) is 10.8 Å². The number of carbonyl (C=O) groups excluding carboxylic acids is 1. The Bertz CT molecular complexity index is 1500. The Morgan fingerprint density at radius 3 is 2.47 bits per heavy atom. The summed E-state index contributed by atoms with van der Waals surface area (Å²) in [6.45, 7) is 4.01. The van der Waals surface area contributed by atoms with Crippen LogP contribution in [0, 0.1) is 6.92 Å². The first-order chi connectivity index (χ1) is 16.1. The third-order valence-electron chi connectivity index (χ3n) is 5.56. The van der Waals surface area contributed by atoms with E-state index in [0.717, 1.165) is 37.8 Å². The highest BCUT2D eigenvalue weighted by molar-refractivity contribution is 9.10. The molecule has 0 fully saturated rings. The van der Waals surface area contributed by atoms with Crippen LogP contribution in [0.15, 0.2) is 70.0 Å². The number of anilines is 2. The molecule has 0 aliphatic carbocycles. The third kappa shape index (κ3) is 4.86. The molecule has 3 aromatic carbocycles. The van der Waals surface area contributed by atoms with Crippen molar-refractivity contribution in [3.8, 4) is 0 Å². The van der Waals surface area contributed by atoms with Crippen LogP contribution in [-0.2, 0) is 16.4 Å². The summed E-state index contributed by atoms with van der Waals surface area (Å²) in [5.41, 5.74) is 3.36. The zero-order chi connectivity index (χ0) is 24.6. The lowest BCUT2D eigenvalue weighted by Crippen LogP contribution is -2.26. The number of nitrogens with zero attached hydrogens (tertiary/aromatic N) is 1. The van der Waals surface area contributed by atoms with E-state index in [2.05, 4.69) is 21.2 Å². The molecule has 0 atom stereocenters. The number of nitrogens with one attached hydrogen (secondary N) is 1. The summed E-state index contributed by atoms with van der Waals surface area (Å²) in [4.78, 5) is 13.8. The summed E-state index contributed by atoms with van der Waals surface area (Å²) < 4.78 is 29.2. The van der Waals surface area contributed by atoms with Gasteiger partial charge in [0.25, 0.3) is 15.9 Å². The predicted octanol–water partition coefficient (Wildman–Crippen LogP) is 7.27. The zero-order valence-electron chi connectivity index (χ0n) is 18.7. The van der Waals surface area contributed by atoms with Crippen molar-refractivity contribution < 1.29 is 13.2 Å². The second kappa shape index (κ2) is 9.70. The van der Waals surface area contributed by atoms with E-state index in [1.165, 1.54) is 34.8 Å². The molecule has 0 radical (unpaired) electrons. The van der Waals surface area contributed by atoms with Crippen molar-refractivity contribution in [3.63, 3.8) is 0 Å². The van der Waals surface area contributed by atoms with Gasteiger partial charge in [-0.15, -0.1) is 11.3 Å². The number of rotatable bonds is 6. The molecule has 176 valence electrons. The molecule has 4 aromatic rings. The Kier molecular flexibility index (Phi) is 7.05. The maximum atomic E-state index is 13.1. The SMILES string of the molecule is CCc1cc(Br)cc(C)c1NC(=O)c1cc2cc(N(C)S(=O)(=O)c3ccc(Cl)cc3)ccc2s1. The maximum absolute atomic E-state index is 13.1. The van der Waals surface area contributed by atoms with Crippen molar-refractivity contribution >= 4 is 76.3 Å². The van der Waals surface area contributed by atoms with E-state index in [4.69, 9.17) is 11.6 Å². The van der Waals surface area contributed by atoms with Crippen molar-refractivity contribution in [3.05, 3.63) is 86.2 Å². The number of thiophene rings is 1. The molecule has 0 aliphatic rings. The first kappa shape index (κ1) is 24.7. The lowest BCUT2D eigenvalue weighted by atomic mass is 10.1. The first-order valence-electron chi connectivity index (χ1n) is 10.5. The minimum absolute atomic E-state index is 0.154. The van der Waals surface area contributed by atoms with Crippen molar-refractivity contribution in [1.82, 2.24) is 0 Å². The maximum Gasteiger partial charge on any atom is 0.265 e. The van der Waals surface area contributed by atoms with E-state index >= 15 is 0 Å². The predicted molar refractivity (Wildman–Crippen MR) is 145 cm³/mol. The number of carbonyl (C=O) groups is 1. The van der Waals surface area contributed by atoms with Gasteiger partial charge in [0.2, 0.25) is 0 Å². The third-order valence-corrected chi connectivity index (χ3v) is 9.19. The number of amides is 1. The Morgan fingerprint density at radius 1 is 1.09 bits per heavy atom. The fourth-order valence-electron chi connectivity index (χ4n) is 3.69. The van der Waals surface area contributed by atoms with Gasteiger partial charge in [0.15, 0.2) is 0 Å². The molecule has 0 spiro atoms. The first-order valence-corrected chi connectivity index (χ1v) is 13.9. The second-order valence-electron chi connectivity index (χ2n) is 7.82. The fraction of sp³-hybridized carbons (Fsp3) is 0.160. The molecule has 0 bridgehead atoms. The van der Waals surface area contributed by atoms with Crippen LogP contribution in [-0.4, -0.2) is 21.4 Å². The van der Waals surface area contributed by atoms with E-state index in [9.17, 15) is 13.2 Å². The number of hydrogen-bond acceptors (Lipinski definition) is 4. The molecule has 9 heteroatoms. The molecule has 0 saturated heterocycles. The van der Waals surface area contributed by atoms with Crippen LogP contribution in [0.5, 0.6) is 0 Å². The van der Waals surface area contributed by atoms with Crippen molar-refractivity contribution in [2.24, 2.45) is 0 Å². The number of aryl methyl sites for hydroxylation is 2. The normalized spacial score (nSPS) is 11.6. The highest BCUT2D eigenvalue weighted by Crippen LogP contribution is 2.33. The Labute approximate surface area is 216 Å². The monoisotopic (exact) mass is 576 g/mol. The van der Waals surface area contributed by atoms with E-state index < -0.39 is 10.0 Å².